The van der Waals surface area contributed by atoms with Gasteiger partial charge in [-0.3, -0.25) is 4.98 Å². The van der Waals surface area contributed by atoms with Crippen LogP contribution in [0.1, 0.15) is 29.2 Å². The van der Waals surface area contributed by atoms with E-state index in [1.54, 1.807) is 0 Å². The second-order valence-corrected chi connectivity index (χ2v) is 4.02. The van der Waals surface area contributed by atoms with Crippen LogP contribution < -0.4 is 0 Å². The fourth-order valence-electron chi connectivity index (χ4n) is 1.42. The fraction of sp³-hybridized carbons (Fsp3) is 0.300. The Hall–Kier alpha value is -1.40. The molecule has 1 N–H and O–H groups in total. The molecule has 0 fully saturated rings. The van der Waals surface area contributed by atoms with E-state index in [0.717, 1.165) is 17.7 Å². The largest absolute Gasteiger partial charge is 0.383 e. The third kappa shape index (κ3) is 1.94. The lowest BCUT2D eigenvalue weighted by atomic mass is 10.1. The molecule has 0 saturated heterocycles. The van der Waals surface area contributed by atoms with Crippen LogP contribution in [0.15, 0.2) is 18.5 Å². The first-order chi connectivity index (χ1) is 7.74. The Kier molecular flexibility index (Phi) is 3.21. The van der Waals surface area contributed by atoms with Crippen molar-refractivity contribution in [2.24, 2.45) is 0 Å². The van der Waals surface area contributed by atoms with Gasteiger partial charge in [-0.15, -0.1) is 5.10 Å². The van der Waals surface area contributed by atoms with Crippen molar-refractivity contribution in [1.29, 1.82) is 0 Å². The Morgan fingerprint density at radius 1 is 1.56 bits per heavy atom. The van der Waals surface area contributed by atoms with E-state index in [1.807, 2.05) is 6.92 Å². The molecule has 0 bridgehead atoms. The average Bonchev–Trinajstić information content (AvgIpc) is 2.77. The molecule has 1 atom stereocenters. The summed E-state index contributed by atoms with van der Waals surface area (Å²) in [6.07, 6.45) is 2.17. The first kappa shape index (κ1) is 11.1. The van der Waals surface area contributed by atoms with E-state index in [9.17, 15) is 9.50 Å². The topological polar surface area (TPSA) is 58.9 Å². The van der Waals surface area contributed by atoms with Gasteiger partial charge in [-0.05, 0) is 24.0 Å². The zero-order valence-corrected chi connectivity index (χ0v) is 9.41. The fourth-order valence-corrected chi connectivity index (χ4v) is 2.16. The molecule has 0 radical (unpaired) electrons. The van der Waals surface area contributed by atoms with Gasteiger partial charge in [0.25, 0.3) is 0 Å². The number of pyridine rings is 1. The number of nitrogens with zero attached hydrogens (tertiary/aromatic N) is 3. The van der Waals surface area contributed by atoms with Crippen molar-refractivity contribution >= 4 is 11.5 Å². The summed E-state index contributed by atoms with van der Waals surface area (Å²) in [5.74, 6) is -0.523. The minimum absolute atomic E-state index is 0.204. The molecule has 16 heavy (non-hydrogen) atoms. The summed E-state index contributed by atoms with van der Waals surface area (Å²) in [4.78, 5) is 4.23. The van der Waals surface area contributed by atoms with Crippen molar-refractivity contribution in [1.82, 2.24) is 14.6 Å². The maximum atomic E-state index is 13.4. The molecule has 0 saturated carbocycles. The number of aliphatic hydroxyl groups excluding tert-OH is 1. The highest BCUT2D eigenvalue weighted by atomic mass is 32.1. The molecule has 1 unspecified atom stereocenters. The third-order valence-electron chi connectivity index (χ3n) is 2.27. The van der Waals surface area contributed by atoms with Crippen molar-refractivity contribution < 1.29 is 9.50 Å². The molecule has 0 aliphatic rings. The zero-order chi connectivity index (χ0) is 11.5. The van der Waals surface area contributed by atoms with Crippen LogP contribution in [0.2, 0.25) is 0 Å². The van der Waals surface area contributed by atoms with Crippen LogP contribution in [0.5, 0.6) is 0 Å². The SMILES string of the molecule is CCc1nnsc1C(O)c1ccncc1F. The van der Waals surface area contributed by atoms with E-state index in [1.165, 1.54) is 12.3 Å². The lowest BCUT2D eigenvalue weighted by Gasteiger charge is -2.09. The molecule has 6 heteroatoms. The Morgan fingerprint density at radius 2 is 2.38 bits per heavy atom. The predicted octanol–water partition coefficient (Wildman–Crippen LogP) is 1.72. The molecule has 0 aliphatic heterocycles. The van der Waals surface area contributed by atoms with Gasteiger partial charge < -0.3 is 5.11 Å². The number of halogens is 1. The smallest absolute Gasteiger partial charge is 0.147 e. The maximum Gasteiger partial charge on any atom is 0.147 e. The van der Waals surface area contributed by atoms with Crippen molar-refractivity contribution in [2.45, 2.75) is 19.4 Å². The second kappa shape index (κ2) is 4.63. The van der Waals surface area contributed by atoms with Gasteiger partial charge in [0.15, 0.2) is 0 Å². The highest BCUT2D eigenvalue weighted by Gasteiger charge is 2.20. The van der Waals surface area contributed by atoms with Gasteiger partial charge in [0.1, 0.15) is 11.9 Å². The summed E-state index contributed by atoms with van der Waals surface area (Å²) in [7, 11) is 0. The van der Waals surface area contributed by atoms with Crippen molar-refractivity contribution in [3.8, 4) is 0 Å². The number of hydrogen-bond acceptors (Lipinski definition) is 5. The number of aliphatic hydroxyl groups is 1. The number of rotatable bonds is 3. The van der Waals surface area contributed by atoms with Gasteiger partial charge in [0.2, 0.25) is 0 Å². The molecule has 0 spiro atoms. The van der Waals surface area contributed by atoms with E-state index < -0.39 is 11.9 Å². The molecular formula is C10H10FN3OS. The van der Waals surface area contributed by atoms with E-state index >= 15 is 0 Å². The Morgan fingerprint density at radius 3 is 3.06 bits per heavy atom. The third-order valence-corrected chi connectivity index (χ3v) is 3.09. The number of aryl methyl sites for hydroxylation is 1. The summed E-state index contributed by atoms with van der Waals surface area (Å²) in [6, 6.07) is 1.46. The van der Waals surface area contributed by atoms with Crippen LogP contribution >= 0.6 is 11.5 Å². The highest BCUT2D eigenvalue weighted by molar-refractivity contribution is 7.05. The summed E-state index contributed by atoms with van der Waals surface area (Å²) >= 11 is 1.09. The molecule has 0 aromatic carbocycles. The molecule has 2 aromatic heterocycles. The molecule has 2 rings (SSSR count). The van der Waals surface area contributed by atoms with Gasteiger partial charge in [-0.2, -0.15) is 0 Å². The number of aromatic nitrogens is 3. The summed E-state index contributed by atoms with van der Waals surface area (Å²) in [5.41, 5.74) is 0.907. The highest BCUT2D eigenvalue weighted by Crippen LogP contribution is 2.28. The van der Waals surface area contributed by atoms with Crippen molar-refractivity contribution in [3.63, 3.8) is 0 Å². The van der Waals surface area contributed by atoms with Crippen LogP contribution in [0.25, 0.3) is 0 Å². The van der Waals surface area contributed by atoms with Gasteiger partial charge in [-0.25, -0.2) is 4.39 Å². The van der Waals surface area contributed by atoms with Gasteiger partial charge in [0.05, 0.1) is 16.8 Å². The lowest BCUT2D eigenvalue weighted by molar-refractivity contribution is 0.217. The first-order valence-electron chi connectivity index (χ1n) is 4.82. The molecule has 0 aliphatic carbocycles. The quantitative estimate of drug-likeness (QED) is 0.886. The van der Waals surface area contributed by atoms with Gasteiger partial charge in [-0.1, -0.05) is 11.4 Å². The maximum absolute atomic E-state index is 13.4. The standard InChI is InChI=1S/C10H10FN3OS/c1-2-8-10(16-14-13-8)9(15)6-3-4-12-5-7(6)11/h3-5,9,15H,2H2,1H3. The Bertz CT molecular complexity index is 488. The van der Waals surface area contributed by atoms with Gasteiger partial charge >= 0.3 is 0 Å². The van der Waals surface area contributed by atoms with E-state index in [2.05, 4.69) is 14.6 Å². The molecule has 0 amide bonds. The van der Waals surface area contributed by atoms with Gasteiger partial charge in [0, 0.05) is 11.8 Å². The summed E-state index contributed by atoms with van der Waals surface area (Å²) in [5, 5.41) is 13.9. The van der Waals surface area contributed by atoms with Crippen LogP contribution in [-0.2, 0) is 6.42 Å². The normalized spacial score (nSPS) is 12.7. The van der Waals surface area contributed by atoms with Crippen LogP contribution in [-0.4, -0.2) is 19.7 Å². The van der Waals surface area contributed by atoms with E-state index in [4.69, 9.17) is 0 Å². The Labute approximate surface area is 96.0 Å². The molecule has 4 nitrogen and oxygen atoms in total. The summed E-state index contributed by atoms with van der Waals surface area (Å²) in [6.45, 7) is 1.91. The van der Waals surface area contributed by atoms with E-state index in [-0.39, 0.29) is 5.56 Å². The van der Waals surface area contributed by atoms with Crippen molar-refractivity contribution in [2.75, 3.05) is 0 Å². The van der Waals surface area contributed by atoms with Crippen LogP contribution in [0.4, 0.5) is 4.39 Å². The van der Waals surface area contributed by atoms with Crippen LogP contribution in [0, 0.1) is 5.82 Å². The molecule has 84 valence electrons. The molecular weight excluding hydrogens is 229 g/mol. The van der Waals surface area contributed by atoms with Crippen molar-refractivity contribution in [3.05, 3.63) is 40.4 Å². The van der Waals surface area contributed by atoms with E-state index in [0.29, 0.717) is 17.0 Å². The molecule has 2 heterocycles. The lowest BCUT2D eigenvalue weighted by Crippen LogP contribution is -2.03. The first-order valence-corrected chi connectivity index (χ1v) is 5.60. The monoisotopic (exact) mass is 239 g/mol. The minimum Gasteiger partial charge on any atom is -0.383 e. The number of hydrogen-bond donors (Lipinski definition) is 1. The predicted molar refractivity (Wildman–Crippen MR) is 57.5 cm³/mol. The molecule has 2 aromatic rings. The Balaban J connectivity index is 2.39. The second-order valence-electron chi connectivity index (χ2n) is 3.24. The summed E-state index contributed by atoms with van der Waals surface area (Å²) < 4.78 is 17.2. The average molecular weight is 239 g/mol. The zero-order valence-electron chi connectivity index (χ0n) is 8.59. The van der Waals surface area contributed by atoms with Crippen LogP contribution in [0.3, 0.4) is 0 Å². The minimum atomic E-state index is -1.02.